The second-order valence-electron chi connectivity index (χ2n) is 7.76. The minimum Gasteiger partial charge on any atom is -0.423 e. The van der Waals surface area contributed by atoms with Gasteiger partial charge in [0.15, 0.2) is 0 Å². The molecule has 0 saturated carbocycles. The van der Waals surface area contributed by atoms with Crippen LogP contribution in [0.5, 0.6) is 0 Å². The van der Waals surface area contributed by atoms with Crippen LogP contribution in [-0.2, 0) is 20.7 Å². The molecule has 1 unspecified atom stereocenters. The molecular weight excluding hydrogens is 453 g/mol. The molecule has 0 fully saturated rings. The van der Waals surface area contributed by atoms with E-state index in [9.17, 15) is 18.2 Å². The molecule has 2 aromatic carbocycles. The molecule has 1 N–H and O–H groups in total. The van der Waals surface area contributed by atoms with E-state index in [0.29, 0.717) is 23.9 Å². The summed E-state index contributed by atoms with van der Waals surface area (Å²) in [6, 6.07) is 8.74. The van der Waals surface area contributed by atoms with Crippen LogP contribution in [0.25, 0.3) is 0 Å². The Kier molecular flexibility index (Phi) is 5.57. The lowest BCUT2D eigenvalue weighted by atomic mass is 9.76. The predicted octanol–water partition coefficient (Wildman–Crippen LogP) is 5.31. The van der Waals surface area contributed by atoms with E-state index in [1.807, 2.05) is 13.8 Å². The molecule has 10 heteroatoms. The quantitative estimate of drug-likeness (QED) is 0.615. The topological polar surface area (TPSA) is 51.0 Å². The third kappa shape index (κ3) is 3.54. The lowest BCUT2D eigenvalue weighted by Crippen LogP contribution is -2.42. The zero-order valence-electron chi connectivity index (χ0n) is 16.8. The molecule has 4 rings (SSSR count). The molecule has 0 bridgehead atoms. The molecule has 4 nitrogen and oxygen atoms in total. The number of rotatable bonds is 4. The Morgan fingerprint density at radius 1 is 1.10 bits per heavy atom. The number of fused-ring (bicyclic) bond motifs is 1. The highest BCUT2D eigenvalue weighted by atomic mass is 35.5. The van der Waals surface area contributed by atoms with Crippen molar-refractivity contribution in [1.29, 1.82) is 0 Å². The molecule has 0 radical (unpaired) electrons. The third-order valence-electron chi connectivity index (χ3n) is 6.14. The lowest BCUT2D eigenvalue weighted by Gasteiger charge is -2.30. The highest BCUT2D eigenvalue weighted by Crippen LogP contribution is 2.50. The number of hydrogen-bond donors (Lipinski definition) is 1. The zero-order chi connectivity index (χ0) is 22.6. The molecule has 0 saturated heterocycles. The van der Waals surface area contributed by atoms with Crippen LogP contribution in [-0.4, -0.2) is 24.0 Å². The fourth-order valence-electron chi connectivity index (χ4n) is 4.33. The largest absolute Gasteiger partial charge is 0.492 e. The standard InChI is InChI=1S/C21H19BCl2F3NO3/c1-3-19(4-2)16-7-12(5-6-17(16)22(29)30-19)18-11-20(31-28-18,21(25,26)27)13-8-14(23)10-15(24)9-13/h5-10,29H,3-4,11H2,1-2H3. The van der Waals surface area contributed by atoms with E-state index in [1.54, 1.807) is 18.2 Å². The first kappa shape index (κ1) is 22.5. The molecular formula is C21H19BCl2F3NO3. The van der Waals surface area contributed by atoms with Crippen molar-refractivity contribution in [2.75, 3.05) is 0 Å². The Hall–Kier alpha value is -1.74. The fourth-order valence-corrected chi connectivity index (χ4v) is 4.86. The van der Waals surface area contributed by atoms with Crippen molar-refractivity contribution in [3.8, 4) is 0 Å². The van der Waals surface area contributed by atoms with E-state index in [2.05, 4.69) is 5.16 Å². The summed E-state index contributed by atoms with van der Waals surface area (Å²) in [5.41, 5.74) is -1.64. The monoisotopic (exact) mass is 471 g/mol. The van der Waals surface area contributed by atoms with E-state index in [-0.39, 0.29) is 21.3 Å². The van der Waals surface area contributed by atoms with Crippen LogP contribution in [0.15, 0.2) is 41.6 Å². The van der Waals surface area contributed by atoms with Crippen molar-refractivity contribution in [3.05, 3.63) is 63.1 Å². The highest BCUT2D eigenvalue weighted by molar-refractivity contribution is 6.62. The second kappa shape index (κ2) is 7.69. The maximum atomic E-state index is 14.2. The third-order valence-corrected chi connectivity index (χ3v) is 6.57. The summed E-state index contributed by atoms with van der Waals surface area (Å²) < 4.78 is 48.5. The van der Waals surface area contributed by atoms with Crippen molar-refractivity contribution in [2.24, 2.45) is 5.16 Å². The van der Waals surface area contributed by atoms with Gasteiger partial charge < -0.3 is 14.5 Å². The normalized spacial score (nSPS) is 22.3. The lowest BCUT2D eigenvalue weighted by molar-refractivity contribution is -0.275. The summed E-state index contributed by atoms with van der Waals surface area (Å²) >= 11 is 11.9. The molecule has 0 spiro atoms. The first-order chi connectivity index (χ1) is 14.5. The van der Waals surface area contributed by atoms with E-state index < -0.39 is 30.9 Å². The second-order valence-corrected chi connectivity index (χ2v) is 8.64. The van der Waals surface area contributed by atoms with Gasteiger partial charge in [-0.1, -0.05) is 54.3 Å². The number of oxime groups is 1. The number of benzene rings is 2. The maximum absolute atomic E-state index is 14.2. The van der Waals surface area contributed by atoms with Crippen molar-refractivity contribution in [2.45, 2.75) is 50.5 Å². The van der Waals surface area contributed by atoms with E-state index >= 15 is 0 Å². The molecule has 2 aliphatic heterocycles. The molecule has 0 amide bonds. The van der Waals surface area contributed by atoms with Gasteiger partial charge in [-0.3, -0.25) is 0 Å². The molecule has 0 aliphatic carbocycles. The van der Waals surface area contributed by atoms with Crippen molar-refractivity contribution in [1.82, 2.24) is 0 Å². The summed E-state index contributed by atoms with van der Waals surface area (Å²) in [5, 5.41) is 14.2. The molecule has 31 heavy (non-hydrogen) atoms. The Morgan fingerprint density at radius 3 is 2.32 bits per heavy atom. The summed E-state index contributed by atoms with van der Waals surface area (Å²) in [4.78, 5) is 5.08. The Labute approximate surface area is 188 Å². The number of nitrogens with zero attached hydrogens (tertiary/aromatic N) is 1. The molecule has 1 atom stereocenters. The van der Waals surface area contributed by atoms with Crippen LogP contribution >= 0.6 is 23.2 Å². The van der Waals surface area contributed by atoms with Gasteiger partial charge in [-0.05, 0) is 53.7 Å². The molecule has 0 aromatic heterocycles. The highest BCUT2D eigenvalue weighted by Gasteiger charge is 2.62. The summed E-state index contributed by atoms with van der Waals surface area (Å²) in [6.45, 7) is 3.87. The van der Waals surface area contributed by atoms with Crippen molar-refractivity contribution < 1.29 is 27.7 Å². The van der Waals surface area contributed by atoms with Crippen molar-refractivity contribution in [3.63, 3.8) is 0 Å². The maximum Gasteiger partial charge on any atom is 0.492 e. The van der Waals surface area contributed by atoms with Gasteiger partial charge in [0.2, 0.25) is 0 Å². The van der Waals surface area contributed by atoms with Crippen LogP contribution in [0.2, 0.25) is 10.0 Å². The Balaban J connectivity index is 1.75. The number of alkyl halides is 3. The first-order valence-electron chi connectivity index (χ1n) is 9.84. The predicted molar refractivity (Wildman–Crippen MR) is 114 cm³/mol. The minimum absolute atomic E-state index is 0.0718. The summed E-state index contributed by atoms with van der Waals surface area (Å²) in [6.07, 6.45) is -4.10. The van der Waals surface area contributed by atoms with Gasteiger partial charge in [0, 0.05) is 22.0 Å². The molecule has 2 aliphatic rings. The average molecular weight is 472 g/mol. The number of hydrogen-bond acceptors (Lipinski definition) is 4. The fraction of sp³-hybridized carbons (Fsp3) is 0.381. The molecule has 2 aromatic rings. The molecule has 2 heterocycles. The van der Waals surface area contributed by atoms with Gasteiger partial charge in [0.1, 0.15) is 0 Å². The van der Waals surface area contributed by atoms with Crippen LogP contribution in [0.4, 0.5) is 13.2 Å². The summed E-state index contributed by atoms with van der Waals surface area (Å²) in [5.74, 6) is 0. The van der Waals surface area contributed by atoms with Crippen LogP contribution in [0.1, 0.15) is 49.8 Å². The van der Waals surface area contributed by atoms with E-state index in [0.717, 1.165) is 5.56 Å². The van der Waals surface area contributed by atoms with Gasteiger partial charge in [-0.25, -0.2) is 0 Å². The van der Waals surface area contributed by atoms with Crippen LogP contribution in [0, 0.1) is 0 Å². The van der Waals surface area contributed by atoms with Gasteiger partial charge in [0.05, 0.1) is 11.3 Å². The van der Waals surface area contributed by atoms with E-state index in [1.165, 1.54) is 18.2 Å². The van der Waals surface area contributed by atoms with Gasteiger partial charge in [-0.15, -0.1) is 0 Å². The van der Waals surface area contributed by atoms with Crippen molar-refractivity contribution >= 4 is 41.5 Å². The smallest absolute Gasteiger partial charge is 0.423 e. The first-order valence-corrected chi connectivity index (χ1v) is 10.6. The van der Waals surface area contributed by atoms with Crippen LogP contribution < -0.4 is 5.46 Å². The van der Waals surface area contributed by atoms with E-state index in [4.69, 9.17) is 32.7 Å². The Bertz CT molecular complexity index is 1040. The minimum atomic E-state index is -4.76. The average Bonchev–Trinajstić information content (AvgIpc) is 3.28. The SMILES string of the molecule is CCC1(CC)OB(O)c2ccc(C3=NOC(c4cc(Cl)cc(Cl)c4)(C(F)(F)F)C3)cc21. The summed E-state index contributed by atoms with van der Waals surface area (Å²) in [7, 11) is -1.08. The Morgan fingerprint density at radius 2 is 1.74 bits per heavy atom. The van der Waals surface area contributed by atoms with Gasteiger partial charge in [-0.2, -0.15) is 13.2 Å². The zero-order valence-corrected chi connectivity index (χ0v) is 18.3. The number of halogens is 5. The molecule has 164 valence electrons. The van der Waals surface area contributed by atoms with Gasteiger partial charge >= 0.3 is 13.3 Å². The van der Waals surface area contributed by atoms with Crippen LogP contribution in [0.3, 0.4) is 0 Å². The van der Waals surface area contributed by atoms with Gasteiger partial charge in [0.25, 0.3) is 5.60 Å².